The first-order valence-electron chi connectivity index (χ1n) is 8.94. The van der Waals surface area contributed by atoms with Crippen LogP contribution in [0.1, 0.15) is 37.0 Å². The lowest BCUT2D eigenvalue weighted by molar-refractivity contribution is -0.158. The Bertz CT molecular complexity index is 741. The van der Waals surface area contributed by atoms with Crippen molar-refractivity contribution in [3.05, 3.63) is 60.1 Å². The second kappa shape index (κ2) is 6.51. The van der Waals surface area contributed by atoms with E-state index in [0.29, 0.717) is 18.1 Å². The molecular weight excluding hydrogens is 316 g/mol. The molecule has 1 unspecified atom stereocenters. The smallest absolute Gasteiger partial charge is 0.310 e. The number of carbonyl (C=O) groups excluding carboxylic acids is 2. The highest BCUT2D eigenvalue weighted by atomic mass is 16.5. The third kappa shape index (κ3) is 3.01. The molecule has 0 N–H and O–H groups in total. The summed E-state index contributed by atoms with van der Waals surface area (Å²) in [7, 11) is 0. The summed E-state index contributed by atoms with van der Waals surface area (Å²) in [4.78, 5) is 25.4. The average Bonchev–Trinajstić information content (AvgIpc) is 3.32. The van der Waals surface area contributed by atoms with Crippen LogP contribution in [0.5, 0.6) is 0 Å². The van der Waals surface area contributed by atoms with Crippen molar-refractivity contribution in [2.75, 3.05) is 0 Å². The zero-order chi connectivity index (χ0) is 17.3. The molecule has 0 amide bonds. The molecule has 0 radical (unpaired) electrons. The van der Waals surface area contributed by atoms with E-state index >= 15 is 0 Å². The second-order valence-corrected chi connectivity index (χ2v) is 7.31. The van der Waals surface area contributed by atoms with Gasteiger partial charge in [-0.2, -0.15) is 0 Å². The molecule has 3 fully saturated rings. The van der Waals surface area contributed by atoms with E-state index in [1.165, 1.54) is 0 Å². The summed E-state index contributed by atoms with van der Waals surface area (Å²) in [5.41, 5.74) is 0.692. The van der Waals surface area contributed by atoms with Gasteiger partial charge in [0.15, 0.2) is 0 Å². The Labute approximate surface area is 147 Å². The third-order valence-corrected chi connectivity index (χ3v) is 5.80. The molecule has 0 aliphatic heterocycles. The van der Waals surface area contributed by atoms with E-state index in [2.05, 4.69) is 0 Å². The van der Waals surface area contributed by atoms with Crippen molar-refractivity contribution < 1.29 is 18.7 Å². The minimum absolute atomic E-state index is 0.140. The molecule has 130 valence electrons. The highest BCUT2D eigenvalue weighted by Gasteiger charge is 2.63. The molecule has 0 saturated heterocycles. The molecule has 4 nitrogen and oxygen atoms in total. The van der Waals surface area contributed by atoms with Gasteiger partial charge < -0.3 is 9.15 Å². The molecule has 1 heterocycles. The lowest BCUT2D eigenvalue weighted by Crippen LogP contribution is -2.43. The number of carbonyl (C=O) groups is 2. The quantitative estimate of drug-likeness (QED) is 0.718. The molecule has 1 aromatic carbocycles. The maximum absolute atomic E-state index is 12.9. The van der Waals surface area contributed by atoms with Crippen LogP contribution in [-0.2, 0) is 27.4 Å². The maximum Gasteiger partial charge on any atom is 0.310 e. The monoisotopic (exact) mass is 338 g/mol. The van der Waals surface area contributed by atoms with Gasteiger partial charge in [-0.3, -0.25) is 9.59 Å². The van der Waals surface area contributed by atoms with Gasteiger partial charge in [0.2, 0.25) is 0 Å². The molecule has 3 saturated carbocycles. The van der Waals surface area contributed by atoms with Gasteiger partial charge in [-0.05, 0) is 49.3 Å². The van der Waals surface area contributed by atoms with Crippen molar-refractivity contribution in [2.45, 2.75) is 38.7 Å². The van der Waals surface area contributed by atoms with E-state index in [1.807, 2.05) is 30.3 Å². The van der Waals surface area contributed by atoms with Gasteiger partial charge in [0, 0.05) is 11.8 Å². The van der Waals surface area contributed by atoms with Gasteiger partial charge in [0.25, 0.3) is 0 Å². The molecule has 2 bridgehead atoms. The molecular formula is C21H22O4. The fourth-order valence-electron chi connectivity index (χ4n) is 4.51. The number of hydrogen-bond acceptors (Lipinski definition) is 4. The van der Waals surface area contributed by atoms with E-state index in [-0.39, 0.29) is 24.3 Å². The van der Waals surface area contributed by atoms with E-state index in [0.717, 1.165) is 31.2 Å². The van der Waals surface area contributed by atoms with Gasteiger partial charge in [0.1, 0.15) is 18.2 Å². The van der Waals surface area contributed by atoms with Crippen molar-refractivity contribution in [3.63, 3.8) is 0 Å². The molecule has 25 heavy (non-hydrogen) atoms. The van der Waals surface area contributed by atoms with Gasteiger partial charge in [0.05, 0.1) is 12.2 Å². The summed E-state index contributed by atoms with van der Waals surface area (Å²) in [6.45, 7) is 0.140. The van der Waals surface area contributed by atoms with Crippen molar-refractivity contribution in [2.24, 2.45) is 17.3 Å². The Hall–Kier alpha value is -2.36. The van der Waals surface area contributed by atoms with Crippen molar-refractivity contribution >= 4 is 11.8 Å². The third-order valence-electron chi connectivity index (χ3n) is 5.80. The van der Waals surface area contributed by atoms with Gasteiger partial charge in [-0.1, -0.05) is 30.3 Å². The molecule has 1 aromatic heterocycles. The summed E-state index contributed by atoms with van der Waals surface area (Å²) in [6, 6.07) is 13.6. The normalized spacial score (nSPS) is 26.9. The molecule has 3 aliphatic carbocycles. The van der Waals surface area contributed by atoms with Crippen LogP contribution in [0, 0.1) is 17.3 Å². The number of aryl methyl sites for hydroxylation is 1. The van der Waals surface area contributed by atoms with Crippen LogP contribution in [0.4, 0.5) is 0 Å². The first kappa shape index (κ1) is 16.1. The molecule has 2 aromatic rings. The summed E-state index contributed by atoms with van der Waals surface area (Å²) in [5.74, 6) is 0.829. The zero-order valence-corrected chi connectivity index (χ0v) is 14.1. The van der Waals surface area contributed by atoms with Crippen molar-refractivity contribution in [1.29, 1.82) is 0 Å². The van der Waals surface area contributed by atoms with E-state index in [1.54, 1.807) is 18.4 Å². The lowest BCUT2D eigenvalue weighted by Gasteiger charge is -2.39. The number of rotatable bonds is 7. The number of esters is 1. The minimum Gasteiger partial charge on any atom is -0.466 e. The minimum atomic E-state index is -0.473. The standard InChI is InChI=1S/C21H22O4/c22-19(9-8-15-5-2-1-3-6-15)21-12-16(13-21)11-18(21)20(23)25-14-17-7-4-10-24-17/h1-7,10,16,18H,8-9,11-14H2. The Morgan fingerprint density at radius 1 is 1.12 bits per heavy atom. The topological polar surface area (TPSA) is 56.5 Å². The Morgan fingerprint density at radius 2 is 1.92 bits per heavy atom. The van der Waals surface area contributed by atoms with Crippen molar-refractivity contribution in [3.8, 4) is 0 Å². The number of Topliss-reactive ketones (excluding diaryl/α,β-unsaturated/α-hetero) is 1. The number of ether oxygens (including phenoxy) is 1. The lowest BCUT2D eigenvalue weighted by atomic mass is 9.63. The predicted molar refractivity (Wildman–Crippen MR) is 91.5 cm³/mol. The van der Waals surface area contributed by atoms with Crippen LogP contribution in [-0.4, -0.2) is 11.8 Å². The summed E-state index contributed by atoms with van der Waals surface area (Å²) in [6.07, 6.45) is 5.28. The molecule has 4 heteroatoms. The molecule has 0 spiro atoms. The largest absolute Gasteiger partial charge is 0.466 e. The SMILES string of the molecule is O=C(OCc1ccco1)C1CC2CC1(C(=O)CCc1ccccc1)C2. The van der Waals surface area contributed by atoms with E-state index in [9.17, 15) is 9.59 Å². The Morgan fingerprint density at radius 3 is 2.64 bits per heavy atom. The number of benzene rings is 1. The Balaban J connectivity index is 1.38. The molecule has 5 rings (SSSR count). The zero-order valence-electron chi connectivity index (χ0n) is 14.1. The van der Waals surface area contributed by atoms with Crippen molar-refractivity contribution in [1.82, 2.24) is 0 Å². The van der Waals surface area contributed by atoms with Gasteiger partial charge in [-0.25, -0.2) is 0 Å². The first-order chi connectivity index (χ1) is 12.2. The summed E-state index contributed by atoms with van der Waals surface area (Å²) in [5, 5.41) is 0. The first-order valence-corrected chi connectivity index (χ1v) is 8.94. The predicted octanol–water partition coefficient (Wildman–Crippen LogP) is 3.94. The van der Waals surface area contributed by atoms with Crippen LogP contribution in [0.2, 0.25) is 0 Å². The highest BCUT2D eigenvalue weighted by Crippen LogP contribution is 2.63. The Kier molecular flexibility index (Phi) is 4.20. The van der Waals surface area contributed by atoms with Crippen LogP contribution in [0.25, 0.3) is 0 Å². The van der Waals surface area contributed by atoms with E-state index < -0.39 is 5.41 Å². The summed E-state index contributed by atoms with van der Waals surface area (Å²) < 4.78 is 10.6. The van der Waals surface area contributed by atoms with Gasteiger partial charge in [-0.15, -0.1) is 0 Å². The number of fused-ring (bicyclic) bond motifs is 1. The van der Waals surface area contributed by atoms with Crippen LogP contribution < -0.4 is 0 Å². The molecule has 1 atom stereocenters. The second-order valence-electron chi connectivity index (χ2n) is 7.31. The number of furan rings is 1. The van der Waals surface area contributed by atoms with Crippen LogP contribution >= 0.6 is 0 Å². The van der Waals surface area contributed by atoms with Gasteiger partial charge >= 0.3 is 5.97 Å². The number of hydrogen-bond donors (Lipinski definition) is 0. The maximum atomic E-state index is 12.9. The average molecular weight is 338 g/mol. The fourth-order valence-corrected chi connectivity index (χ4v) is 4.51. The van der Waals surface area contributed by atoms with E-state index in [4.69, 9.17) is 9.15 Å². The fraction of sp³-hybridized carbons (Fsp3) is 0.429. The highest BCUT2D eigenvalue weighted by molar-refractivity contribution is 5.92. The van der Waals surface area contributed by atoms with Crippen LogP contribution in [0.15, 0.2) is 53.1 Å². The molecule has 3 aliphatic rings. The van der Waals surface area contributed by atoms with Crippen LogP contribution in [0.3, 0.4) is 0 Å². The summed E-state index contributed by atoms with van der Waals surface area (Å²) >= 11 is 0. The number of ketones is 1.